The Hall–Kier alpha value is -2.09. The van der Waals surface area contributed by atoms with Crippen LogP contribution in [-0.2, 0) is 6.54 Å². The zero-order valence-corrected chi connectivity index (χ0v) is 16.2. The van der Waals surface area contributed by atoms with Crippen LogP contribution in [0.25, 0.3) is 0 Å². The van der Waals surface area contributed by atoms with Crippen LogP contribution in [0.3, 0.4) is 0 Å². The second-order valence-corrected chi connectivity index (χ2v) is 4.79. The number of benzene rings is 1. The van der Waals surface area contributed by atoms with Gasteiger partial charge in [0.2, 0.25) is 11.2 Å². The van der Waals surface area contributed by atoms with Crippen LogP contribution < -0.4 is 10.1 Å². The summed E-state index contributed by atoms with van der Waals surface area (Å²) in [4.78, 5) is 11.0. The van der Waals surface area contributed by atoms with Gasteiger partial charge in [-0.3, -0.25) is 0 Å². The van der Waals surface area contributed by atoms with Crippen LogP contribution in [0.15, 0.2) is 24.3 Å². The molecule has 146 valence electrons. The highest BCUT2D eigenvalue weighted by atomic mass is 35.5. The molecule has 0 fully saturated rings. The lowest BCUT2D eigenvalue weighted by atomic mass is 10.1. The summed E-state index contributed by atoms with van der Waals surface area (Å²) >= 11 is 5.64. The van der Waals surface area contributed by atoms with Gasteiger partial charge in [-0.15, -0.1) is 0 Å². The van der Waals surface area contributed by atoms with Crippen LogP contribution in [0.2, 0.25) is 5.28 Å². The molecule has 26 heavy (non-hydrogen) atoms. The Morgan fingerprint density at radius 2 is 1.58 bits per heavy atom. The summed E-state index contributed by atoms with van der Waals surface area (Å²) in [5.41, 5.74) is 2.08. The van der Waals surface area contributed by atoms with E-state index < -0.39 is 18.8 Å². The standard InChI is InChI=1S/C13H12ClF3N4O.2C2H6/c1-8-2-4-9(5-3-8)6-18-11-19-10(14)20-12(21-11)22-7-13(15,16)17;2*1-2/h2-5H,6-7H2,1H3,(H,18,19,20,21);2*1-2H3. The molecule has 9 heteroatoms. The first-order chi connectivity index (χ1) is 12.3. The number of halogens is 4. The van der Waals surface area contributed by atoms with Gasteiger partial charge in [0.25, 0.3) is 0 Å². The minimum Gasteiger partial charge on any atom is -0.454 e. The minimum atomic E-state index is -4.48. The maximum absolute atomic E-state index is 12.1. The smallest absolute Gasteiger partial charge is 0.422 e. The third-order valence-electron chi connectivity index (χ3n) is 2.52. The van der Waals surface area contributed by atoms with Crippen molar-refractivity contribution in [1.82, 2.24) is 15.0 Å². The maximum atomic E-state index is 12.1. The van der Waals surface area contributed by atoms with Crippen LogP contribution in [0, 0.1) is 6.92 Å². The largest absolute Gasteiger partial charge is 0.454 e. The van der Waals surface area contributed by atoms with Crippen LogP contribution in [0.5, 0.6) is 6.01 Å². The fourth-order valence-electron chi connectivity index (χ4n) is 1.51. The molecule has 0 aliphatic carbocycles. The lowest BCUT2D eigenvalue weighted by Crippen LogP contribution is -2.20. The van der Waals surface area contributed by atoms with Crippen molar-refractivity contribution in [1.29, 1.82) is 0 Å². The summed E-state index contributed by atoms with van der Waals surface area (Å²) in [6.07, 6.45) is -4.48. The predicted molar refractivity (Wildman–Crippen MR) is 97.6 cm³/mol. The molecule has 0 aliphatic heterocycles. The lowest BCUT2D eigenvalue weighted by Gasteiger charge is -2.09. The maximum Gasteiger partial charge on any atom is 0.422 e. The van der Waals surface area contributed by atoms with E-state index in [0.29, 0.717) is 6.54 Å². The average molecular weight is 393 g/mol. The molecule has 0 aliphatic rings. The molecule has 2 rings (SSSR count). The zero-order valence-electron chi connectivity index (χ0n) is 15.5. The van der Waals surface area contributed by atoms with Crippen molar-refractivity contribution >= 4 is 17.5 Å². The summed E-state index contributed by atoms with van der Waals surface area (Å²) in [5, 5.41) is 2.60. The number of hydrogen-bond donors (Lipinski definition) is 1. The van der Waals surface area contributed by atoms with Crippen LogP contribution in [-0.4, -0.2) is 27.7 Å². The van der Waals surface area contributed by atoms with Gasteiger partial charge in [-0.2, -0.15) is 28.1 Å². The number of hydrogen-bond acceptors (Lipinski definition) is 5. The van der Waals surface area contributed by atoms with Crippen LogP contribution >= 0.6 is 11.6 Å². The van der Waals surface area contributed by atoms with Crippen molar-refractivity contribution in [3.63, 3.8) is 0 Å². The van der Waals surface area contributed by atoms with E-state index in [2.05, 4.69) is 25.0 Å². The number of alkyl halides is 3. The van der Waals surface area contributed by atoms with Gasteiger partial charge in [-0.25, -0.2) is 0 Å². The number of aromatic nitrogens is 3. The van der Waals surface area contributed by atoms with Crippen molar-refractivity contribution < 1.29 is 17.9 Å². The Kier molecular flexibility index (Phi) is 11.3. The predicted octanol–water partition coefficient (Wildman–Crippen LogP) is 5.44. The van der Waals surface area contributed by atoms with Gasteiger partial charge < -0.3 is 10.1 Å². The number of aryl methyl sites for hydroxylation is 1. The molecule has 1 aromatic carbocycles. The molecule has 1 N–H and O–H groups in total. The molecule has 0 atom stereocenters. The third-order valence-corrected chi connectivity index (χ3v) is 2.69. The fourth-order valence-corrected chi connectivity index (χ4v) is 1.66. The summed E-state index contributed by atoms with van der Waals surface area (Å²) in [7, 11) is 0. The molecule has 1 heterocycles. The van der Waals surface area contributed by atoms with E-state index in [1.807, 2.05) is 58.9 Å². The first-order valence-corrected chi connectivity index (χ1v) is 8.60. The second kappa shape index (κ2) is 12.3. The zero-order chi connectivity index (χ0) is 20.2. The Balaban J connectivity index is 0.00000146. The number of anilines is 1. The van der Waals surface area contributed by atoms with E-state index in [-0.39, 0.29) is 11.2 Å². The highest BCUT2D eigenvalue weighted by molar-refractivity contribution is 6.28. The second-order valence-electron chi connectivity index (χ2n) is 4.45. The fraction of sp³-hybridized carbons (Fsp3) is 0.471. The molecule has 5 nitrogen and oxygen atoms in total. The summed E-state index contributed by atoms with van der Waals surface area (Å²) in [5.74, 6) is 0.0396. The monoisotopic (exact) mass is 392 g/mol. The minimum absolute atomic E-state index is 0.0396. The van der Waals surface area contributed by atoms with Gasteiger partial charge in [0.05, 0.1) is 0 Å². The SMILES string of the molecule is CC.CC.Cc1ccc(CNc2nc(Cl)nc(OCC(F)(F)F)n2)cc1. The van der Waals surface area contributed by atoms with E-state index >= 15 is 0 Å². The molecule has 1 aromatic heterocycles. The average Bonchev–Trinajstić information content (AvgIpc) is 2.62. The van der Waals surface area contributed by atoms with Gasteiger partial charge >= 0.3 is 12.2 Å². The van der Waals surface area contributed by atoms with E-state index in [9.17, 15) is 13.2 Å². The van der Waals surface area contributed by atoms with Crippen molar-refractivity contribution in [2.45, 2.75) is 47.3 Å². The Labute approximate surface area is 157 Å². The van der Waals surface area contributed by atoms with E-state index in [1.165, 1.54) is 0 Å². The molecule has 0 saturated heterocycles. The van der Waals surface area contributed by atoms with Crippen LogP contribution in [0.1, 0.15) is 38.8 Å². The number of nitrogens with one attached hydrogen (secondary N) is 1. The van der Waals surface area contributed by atoms with Gasteiger partial charge in [0, 0.05) is 6.54 Å². The molecule has 0 amide bonds. The molecule has 0 unspecified atom stereocenters. The molecular weight excluding hydrogens is 369 g/mol. The van der Waals surface area contributed by atoms with Crippen molar-refractivity contribution in [3.8, 4) is 6.01 Å². The highest BCUT2D eigenvalue weighted by Gasteiger charge is 2.29. The molecule has 0 saturated carbocycles. The van der Waals surface area contributed by atoms with Gasteiger partial charge in [0.15, 0.2) is 6.61 Å². The summed E-state index contributed by atoms with van der Waals surface area (Å²) in [6, 6.07) is 7.21. The van der Waals surface area contributed by atoms with Crippen molar-refractivity contribution in [3.05, 3.63) is 40.7 Å². The van der Waals surface area contributed by atoms with Crippen molar-refractivity contribution in [2.24, 2.45) is 0 Å². The van der Waals surface area contributed by atoms with E-state index in [0.717, 1.165) is 11.1 Å². The Morgan fingerprint density at radius 3 is 2.12 bits per heavy atom. The summed E-state index contributed by atoms with van der Waals surface area (Å²) in [6.45, 7) is 8.86. The first-order valence-electron chi connectivity index (χ1n) is 8.22. The number of ether oxygens (including phenoxy) is 1. The molecule has 0 radical (unpaired) electrons. The highest BCUT2D eigenvalue weighted by Crippen LogP contribution is 2.18. The van der Waals surface area contributed by atoms with Gasteiger partial charge in [-0.1, -0.05) is 57.5 Å². The molecule has 0 bridgehead atoms. The molecular formula is C17H24ClF3N4O. The van der Waals surface area contributed by atoms with E-state index in [4.69, 9.17) is 11.6 Å². The normalized spacial score (nSPS) is 10.0. The third kappa shape index (κ3) is 10.0. The first kappa shape index (κ1) is 23.9. The van der Waals surface area contributed by atoms with Gasteiger partial charge in [-0.05, 0) is 24.1 Å². The Bertz CT molecular complexity index is 637. The quantitative estimate of drug-likeness (QED) is 0.734. The van der Waals surface area contributed by atoms with Crippen molar-refractivity contribution in [2.75, 3.05) is 11.9 Å². The summed E-state index contributed by atoms with van der Waals surface area (Å²) < 4.78 is 40.7. The van der Waals surface area contributed by atoms with E-state index in [1.54, 1.807) is 0 Å². The molecule has 0 spiro atoms. The number of nitrogens with zero attached hydrogens (tertiary/aromatic N) is 3. The molecule has 2 aromatic rings. The number of rotatable bonds is 5. The lowest BCUT2D eigenvalue weighted by molar-refractivity contribution is -0.154. The topological polar surface area (TPSA) is 59.9 Å². The van der Waals surface area contributed by atoms with Gasteiger partial charge in [0.1, 0.15) is 0 Å². The Morgan fingerprint density at radius 1 is 1.00 bits per heavy atom. The van der Waals surface area contributed by atoms with Crippen LogP contribution in [0.4, 0.5) is 19.1 Å².